The number of fused-ring (bicyclic) bond motifs is 2. The van der Waals surface area contributed by atoms with Crippen LogP contribution in [0.25, 0.3) is 0 Å². The predicted molar refractivity (Wildman–Crippen MR) is 86.2 cm³/mol. The molecule has 0 fully saturated rings. The van der Waals surface area contributed by atoms with E-state index in [4.69, 9.17) is 32.7 Å². The van der Waals surface area contributed by atoms with Crippen molar-refractivity contribution in [3.63, 3.8) is 0 Å². The molecular weight excluding hydrogens is 487 g/mol. The smallest absolute Gasteiger partial charge is 0.185 e. The van der Waals surface area contributed by atoms with Crippen LogP contribution in [0.3, 0.4) is 0 Å². The van der Waals surface area contributed by atoms with Gasteiger partial charge in [0.05, 0.1) is 14.5 Å². The van der Waals surface area contributed by atoms with Crippen LogP contribution in [-0.4, -0.2) is 0 Å². The lowest BCUT2D eigenvalue weighted by Gasteiger charge is -2.23. The molecule has 0 aliphatic carbocycles. The van der Waals surface area contributed by atoms with Crippen molar-refractivity contribution in [2.24, 2.45) is 0 Å². The number of hydrogen-bond donors (Lipinski definition) is 0. The Kier molecular flexibility index (Phi) is 3.77. The van der Waals surface area contributed by atoms with Crippen LogP contribution in [0.2, 0.25) is 10.0 Å². The van der Waals surface area contributed by atoms with Gasteiger partial charge >= 0.3 is 0 Å². The number of hydrogen-bond acceptors (Lipinski definition) is 2. The fourth-order valence-corrected chi connectivity index (χ4v) is 3.40. The van der Waals surface area contributed by atoms with Crippen molar-refractivity contribution in [3.05, 3.63) is 41.7 Å². The minimum absolute atomic E-state index is 0.527. The molecule has 0 saturated carbocycles. The fourth-order valence-electron chi connectivity index (χ4n) is 1.63. The van der Waals surface area contributed by atoms with Gasteiger partial charge in [-0.3, -0.25) is 0 Å². The Labute approximate surface area is 144 Å². The molecule has 0 radical (unpaired) electrons. The molecule has 0 unspecified atom stereocenters. The van der Waals surface area contributed by atoms with Crippen LogP contribution >= 0.6 is 71.0 Å². The summed E-state index contributed by atoms with van der Waals surface area (Å²) in [4.78, 5) is 0. The lowest BCUT2D eigenvalue weighted by atomic mass is 10.2. The quantitative estimate of drug-likeness (QED) is 0.311. The lowest BCUT2D eigenvalue weighted by Crippen LogP contribution is -2.00. The molecule has 1 aliphatic rings. The van der Waals surface area contributed by atoms with Gasteiger partial charge in [0.25, 0.3) is 0 Å². The average molecular weight is 490 g/mol. The Bertz CT molecular complexity index is 704. The highest BCUT2D eigenvalue weighted by Crippen LogP contribution is 2.53. The van der Waals surface area contributed by atoms with Crippen molar-refractivity contribution in [1.29, 1.82) is 0 Å². The molecule has 1 aliphatic heterocycles. The molecule has 98 valence electrons. The largest absolute Gasteiger partial charge is 0.449 e. The highest BCUT2D eigenvalue weighted by atomic mass is 79.9. The van der Waals surface area contributed by atoms with Gasteiger partial charge in [0.15, 0.2) is 23.0 Å². The molecule has 0 bridgehead atoms. The van der Waals surface area contributed by atoms with E-state index < -0.39 is 0 Å². The molecule has 0 N–H and O–H groups in total. The van der Waals surface area contributed by atoms with E-state index in [1.807, 2.05) is 0 Å². The number of benzene rings is 2. The van der Waals surface area contributed by atoms with E-state index in [-0.39, 0.29) is 0 Å². The Hall–Kier alpha value is 0.0600. The van der Waals surface area contributed by atoms with Gasteiger partial charge in [-0.15, -0.1) is 0 Å². The number of rotatable bonds is 0. The van der Waals surface area contributed by atoms with Gasteiger partial charge < -0.3 is 9.47 Å². The van der Waals surface area contributed by atoms with Gasteiger partial charge in [-0.1, -0.05) is 23.2 Å². The maximum Gasteiger partial charge on any atom is 0.185 e. The Morgan fingerprint density at radius 1 is 0.789 bits per heavy atom. The third kappa shape index (κ3) is 2.40. The maximum absolute atomic E-state index is 6.14. The van der Waals surface area contributed by atoms with Crippen LogP contribution in [0, 0.1) is 0 Å². The van der Waals surface area contributed by atoms with Gasteiger partial charge in [-0.25, -0.2) is 0 Å². The van der Waals surface area contributed by atoms with Crippen molar-refractivity contribution >= 4 is 71.0 Å². The second kappa shape index (κ2) is 5.11. The van der Waals surface area contributed by atoms with Gasteiger partial charge in [0, 0.05) is 27.1 Å². The van der Waals surface area contributed by atoms with Crippen molar-refractivity contribution in [1.82, 2.24) is 0 Å². The van der Waals surface area contributed by atoms with E-state index in [0.29, 0.717) is 37.5 Å². The second-order valence-electron chi connectivity index (χ2n) is 3.73. The summed E-state index contributed by atoms with van der Waals surface area (Å²) in [6, 6.07) is 5.20. The summed E-state index contributed by atoms with van der Waals surface area (Å²) in [6.45, 7) is 0. The molecule has 3 rings (SSSR count). The topological polar surface area (TPSA) is 18.5 Å². The summed E-state index contributed by atoms with van der Waals surface area (Å²) in [5.74, 6) is 2.23. The van der Waals surface area contributed by atoms with Crippen molar-refractivity contribution in [2.45, 2.75) is 0 Å². The first kappa shape index (κ1) is 14.0. The summed E-state index contributed by atoms with van der Waals surface area (Å²) < 4.78 is 13.7. The lowest BCUT2D eigenvalue weighted by molar-refractivity contribution is 0.357. The van der Waals surface area contributed by atoms with E-state index in [0.717, 1.165) is 8.95 Å². The molecule has 0 aromatic heterocycles. The molecule has 7 heteroatoms. The van der Waals surface area contributed by atoms with Gasteiger partial charge in [-0.05, 0) is 47.8 Å². The molecule has 0 saturated heterocycles. The highest BCUT2D eigenvalue weighted by Gasteiger charge is 2.25. The third-order valence-corrected chi connectivity index (χ3v) is 5.93. The summed E-state index contributed by atoms with van der Waals surface area (Å²) in [6.07, 6.45) is 0. The van der Waals surface area contributed by atoms with Gasteiger partial charge in [-0.2, -0.15) is 0 Å². The molecule has 0 amide bonds. The molecule has 1 heterocycles. The first-order chi connectivity index (χ1) is 8.97. The molecule has 0 atom stereocenters. The van der Waals surface area contributed by atoms with E-state index in [1.54, 1.807) is 18.2 Å². The summed E-state index contributed by atoms with van der Waals surface area (Å²) >= 11 is 22.3. The Morgan fingerprint density at radius 3 is 2.16 bits per heavy atom. The van der Waals surface area contributed by atoms with E-state index >= 15 is 0 Å². The minimum atomic E-state index is 0.527. The van der Waals surface area contributed by atoms with Crippen LogP contribution in [0.1, 0.15) is 0 Å². The number of halogens is 5. The van der Waals surface area contributed by atoms with E-state index in [1.165, 1.54) is 0 Å². The fraction of sp³-hybridized carbons (Fsp3) is 0. The van der Waals surface area contributed by atoms with Crippen molar-refractivity contribution in [2.75, 3.05) is 0 Å². The zero-order chi connectivity index (χ0) is 13.7. The zero-order valence-electron chi connectivity index (χ0n) is 8.94. The van der Waals surface area contributed by atoms with Crippen molar-refractivity contribution in [3.8, 4) is 23.0 Å². The molecule has 2 nitrogen and oxygen atoms in total. The van der Waals surface area contributed by atoms with Crippen molar-refractivity contribution < 1.29 is 9.47 Å². The monoisotopic (exact) mass is 486 g/mol. The summed E-state index contributed by atoms with van der Waals surface area (Å²) in [7, 11) is 0. The third-order valence-electron chi connectivity index (χ3n) is 2.50. The van der Waals surface area contributed by atoms with E-state index in [2.05, 4.69) is 47.8 Å². The maximum atomic E-state index is 6.14. The molecular formula is C12H3Br3Cl2O2. The first-order valence-corrected chi connectivity index (χ1v) is 8.13. The summed E-state index contributed by atoms with van der Waals surface area (Å²) in [5, 5.41) is 1.08. The minimum Gasteiger partial charge on any atom is -0.449 e. The SMILES string of the molecule is Clc1cc2c(cc1Br)Oc1c(cc(Br)c(Cl)c1Br)O2. The summed E-state index contributed by atoms with van der Waals surface area (Å²) in [5.41, 5.74) is 0. The van der Waals surface area contributed by atoms with Crippen LogP contribution in [0.4, 0.5) is 0 Å². The van der Waals surface area contributed by atoms with Crippen LogP contribution < -0.4 is 9.47 Å². The average Bonchev–Trinajstić information content (AvgIpc) is 2.37. The van der Waals surface area contributed by atoms with Gasteiger partial charge in [0.1, 0.15) is 0 Å². The van der Waals surface area contributed by atoms with Gasteiger partial charge in [0.2, 0.25) is 0 Å². The zero-order valence-corrected chi connectivity index (χ0v) is 15.2. The highest BCUT2D eigenvalue weighted by molar-refractivity contribution is 9.11. The van der Waals surface area contributed by atoms with E-state index in [9.17, 15) is 0 Å². The normalized spacial score (nSPS) is 12.3. The Balaban J connectivity index is 2.17. The molecule has 19 heavy (non-hydrogen) atoms. The predicted octanol–water partition coefficient (Wildman–Crippen LogP) is 7.18. The molecule has 2 aromatic rings. The Morgan fingerprint density at radius 2 is 1.42 bits per heavy atom. The standard InChI is InChI=1S/C12H3Br3Cl2O2/c13-4-1-7-8(3-6(4)16)18-9-2-5(14)11(17)10(15)12(9)19-7/h1-3H. The molecule has 2 aromatic carbocycles. The first-order valence-electron chi connectivity index (χ1n) is 4.99. The van der Waals surface area contributed by atoms with Crippen LogP contribution in [0.5, 0.6) is 23.0 Å². The second-order valence-corrected chi connectivity index (χ2v) is 7.02. The number of ether oxygens (including phenoxy) is 2. The van der Waals surface area contributed by atoms with Crippen LogP contribution in [0.15, 0.2) is 31.6 Å². The molecule has 0 spiro atoms. The van der Waals surface area contributed by atoms with Crippen LogP contribution in [-0.2, 0) is 0 Å².